The summed E-state index contributed by atoms with van der Waals surface area (Å²) in [5.41, 5.74) is 2.00. The highest BCUT2D eigenvalue weighted by Gasteiger charge is 2.33. The van der Waals surface area contributed by atoms with Crippen LogP contribution in [0.1, 0.15) is 44.0 Å². The molecule has 1 atom stereocenters. The van der Waals surface area contributed by atoms with Crippen LogP contribution in [-0.4, -0.2) is 22.4 Å². The summed E-state index contributed by atoms with van der Waals surface area (Å²) in [7, 11) is 0. The summed E-state index contributed by atoms with van der Waals surface area (Å²) in [5, 5.41) is 15.5. The lowest BCUT2D eigenvalue weighted by Gasteiger charge is -2.37. The smallest absolute Gasteiger partial charge is 0.251 e. The first-order valence-corrected chi connectivity index (χ1v) is 7.19. The molecule has 0 saturated heterocycles. The molecule has 1 aliphatic carbocycles. The molecule has 21 heavy (non-hydrogen) atoms. The monoisotopic (exact) mass is 286 g/mol. The van der Waals surface area contributed by atoms with Crippen molar-refractivity contribution in [2.24, 2.45) is 11.1 Å². The molecule has 0 fully saturated rings. The van der Waals surface area contributed by atoms with E-state index in [1.54, 1.807) is 12.1 Å². The van der Waals surface area contributed by atoms with Crippen LogP contribution in [0.4, 0.5) is 0 Å². The summed E-state index contributed by atoms with van der Waals surface area (Å²) in [6, 6.07) is 9.20. The van der Waals surface area contributed by atoms with Crippen LogP contribution < -0.4 is 5.32 Å². The van der Waals surface area contributed by atoms with Crippen LogP contribution in [0.3, 0.4) is 0 Å². The van der Waals surface area contributed by atoms with Gasteiger partial charge in [0.2, 0.25) is 0 Å². The highest BCUT2D eigenvalue weighted by molar-refractivity contribution is 6.00. The molecule has 0 spiro atoms. The molecule has 112 valence electrons. The Morgan fingerprint density at radius 1 is 1.33 bits per heavy atom. The zero-order valence-corrected chi connectivity index (χ0v) is 12.8. The van der Waals surface area contributed by atoms with Gasteiger partial charge < -0.3 is 10.5 Å². The second-order valence-electron chi connectivity index (χ2n) is 6.11. The van der Waals surface area contributed by atoms with E-state index in [0.717, 1.165) is 12.0 Å². The molecule has 0 aliphatic heterocycles. The van der Waals surface area contributed by atoms with Gasteiger partial charge in [-0.1, -0.05) is 29.4 Å². The van der Waals surface area contributed by atoms with E-state index in [0.29, 0.717) is 17.7 Å². The van der Waals surface area contributed by atoms with Crippen molar-refractivity contribution in [3.05, 3.63) is 47.5 Å². The Bertz CT molecular complexity index is 574. The Morgan fingerprint density at radius 2 is 2.00 bits per heavy atom. The van der Waals surface area contributed by atoms with E-state index in [9.17, 15) is 4.79 Å². The third-order valence-corrected chi connectivity index (χ3v) is 4.22. The van der Waals surface area contributed by atoms with Crippen LogP contribution in [-0.2, 0) is 0 Å². The first kappa shape index (κ1) is 15.3. The minimum Gasteiger partial charge on any atom is -0.411 e. The van der Waals surface area contributed by atoms with Gasteiger partial charge in [-0.15, -0.1) is 0 Å². The molecule has 4 nitrogen and oxygen atoms in total. The van der Waals surface area contributed by atoms with Gasteiger partial charge in [0, 0.05) is 11.1 Å². The Balaban J connectivity index is 2.10. The van der Waals surface area contributed by atoms with Crippen molar-refractivity contribution < 1.29 is 10.0 Å². The van der Waals surface area contributed by atoms with Gasteiger partial charge in [0.15, 0.2) is 0 Å². The maximum absolute atomic E-state index is 12.3. The van der Waals surface area contributed by atoms with Gasteiger partial charge in [-0.25, -0.2) is 0 Å². The molecule has 0 heterocycles. The summed E-state index contributed by atoms with van der Waals surface area (Å²) in [5.74, 6) is 0.133. The van der Waals surface area contributed by atoms with Gasteiger partial charge in [0.25, 0.3) is 5.91 Å². The van der Waals surface area contributed by atoms with E-state index in [2.05, 4.69) is 16.5 Å². The first-order valence-electron chi connectivity index (χ1n) is 7.19. The fourth-order valence-electron chi connectivity index (χ4n) is 2.64. The maximum Gasteiger partial charge on any atom is 0.251 e. The molecule has 0 radical (unpaired) electrons. The Hall–Kier alpha value is -2.10. The zero-order valence-electron chi connectivity index (χ0n) is 12.8. The van der Waals surface area contributed by atoms with Crippen molar-refractivity contribution in [1.29, 1.82) is 0 Å². The van der Waals surface area contributed by atoms with E-state index in [4.69, 9.17) is 5.21 Å². The third kappa shape index (κ3) is 3.51. The molecule has 0 saturated carbocycles. The number of benzene rings is 1. The SMILES string of the molecule is CC1=CC[C@H](C(C)(C)NC(=O)c2ccccc2)C/C1=N\O. The van der Waals surface area contributed by atoms with Gasteiger partial charge in [-0.2, -0.15) is 0 Å². The van der Waals surface area contributed by atoms with E-state index < -0.39 is 0 Å². The molecular weight excluding hydrogens is 264 g/mol. The summed E-state index contributed by atoms with van der Waals surface area (Å²) < 4.78 is 0. The number of nitrogens with one attached hydrogen (secondary N) is 1. The predicted octanol–water partition coefficient (Wildman–Crippen LogP) is 3.38. The number of carbonyl (C=O) groups excluding carboxylic acids is 1. The zero-order chi connectivity index (χ0) is 15.5. The molecule has 1 aliphatic rings. The van der Waals surface area contributed by atoms with Crippen LogP contribution in [0.25, 0.3) is 0 Å². The van der Waals surface area contributed by atoms with Crippen molar-refractivity contribution in [1.82, 2.24) is 5.32 Å². The largest absolute Gasteiger partial charge is 0.411 e. The van der Waals surface area contributed by atoms with Gasteiger partial charge in [0.1, 0.15) is 0 Å². The number of carbonyl (C=O) groups is 1. The minimum atomic E-state index is -0.375. The number of rotatable bonds is 3. The molecule has 0 aromatic heterocycles. The minimum absolute atomic E-state index is 0.0747. The molecular formula is C17H22N2O2. The van der Waals surface area contributed by atoms with Crippen LogP contribution in [0.15, 0.2) is 47.1 Å². The third-order valence-electron chi connectivity index (χ3n) is 4.22. The number of nitrogens with zero attached hydrogens (tertiary/aromatic N) is 1. The van der Waals surface area contributed by atoms with Crippen LogP contribution in [0, 0.1) is 5.92 Å². The molecule has 1 amide bonds. The second-order valence-corrected chi connectivity index (χ2v) is 6.11. The Labute approximate surface area is 125 Å². The molecule has 2 rings (SSSR count). The lowest BCUT2D eigenvalue weighted by Crippen LogP contribution is -2.50. The summed E-state index contributed by atoms with van der Waals surface area (Å²) >= 11 is 0. The standard InChI is InChI=1S/C17H22N2O2/c1-12-9-10-14(11-15(12)19-21)17(2,3)18-16(20)13-7-5-4-6-8-13/h4-9,14,21H,10-11H2,1-3H3,(H,18,20)/b19-15+/t14-/m0/s1. The molecule has 2 N–H and O–H groups in total. The number of oxime groups is 1. The van der Waals surface area contributed by atoms with E-state index in [1.165, 1.54) is 0 Å². The molecule has 1 aromatic carbocycles. The lowest BCUT2D eigenvalue weighted by molar-refractivity contribution is 0.0881. The van der Waals surface area contributed by atoms with Gasteiger partial charge in [0.05, 0.1) is 5.71 Å². The first-order chi connectivity index (χ1) is 9.94. The summed E-state index contributed by atoms with van der Waals surface area (Å²) in [4.78, 5) is 12.3. The van der Waals surface area contributed by atoms with Gasteiger partial charge in [-0.05, 0) is 57.2 Å². The van der Waals surface area contributed by atoms with Crippen molar-refractivity contribution in [3.8, 4) is 0 Å². The van der Waals surface area contributed by atoms with Gasteiger partial charge >= 0.3 is 0 Å². The van der Waals surface area contributed by atoms with Crippen molar-refractivity contribution >= 4 is 11.6 Å². The van der Waals surface area contributed by atoms with E-state index >= 15 is 0 Å². The molecule has 0 unspecified atom stereocenters. The average Bonchev–Trinajstić information content (AvgIpc) is 2.48. The number of hydrogen-bond donors (Lipinski definition) is 2. The maximum atomic E-state index is 12.3. The fraction of sp³-hybridized carbons (Fsp3) is 0.412. The Kier molecular flexibility index (Phi) is 4.46. The van der Waals surface area contributed by atoms with Crippen LogP contribution in [0.2, 0.25) is 0 Å². The second kappa shape index (κ2) is 6.12. The van der Waals surface area contributed by atoms with Crippen LogP contribution in [0.5, 0.6) is 0 Å². The Morgan fingerprint density at radius 3 is 2.62 bits per heavy atom. The summed E-state index contributed by atoms with van der Waals surface area (Å²) in [6.45, 7) is 5.98. The van der Waals surface area contributed by atoms with Crippen molar-refractivity contribution in [2.45, 2.75) is 39.2 Å². The number of amides is 1. The molecule has 4 heteroatoms. The lowest BCUT2D eigenvalue weighted by atomic mass is 9.76. The van der Waals surface area contributed by atoms with Crippen LogP contribution >= 0.6 is 0 Å². The van der Waals surface area contributed by atoms with E-state index in [-0.39, 0.29) is 17.4 Å². The van der Waals surface area contributed by atoms with E-state index in [1.807, 2.05) is 39.0 Å². The van der Waals surface area contributed by atoms with Crippen molar-refractivity contribution in [3.63, 3.8) is 0 Å². The topological polar surface area (TPSA) is 61.7 Å². The molecule has 0 bridgehead atoms. The number of hydrogen-bond acceptors (Lipinski definition) is 3. The fourth-order valence-corrected chi connectivity index (χ4v) is 2.64. The normalized spacial score (nSPS) is 21.0. The quantitative estimate of drug-likeness (QED) is 0.661. The average molecular weight is 286 g/mol. The predicted molar refractivity (Wildman–Crippen MR) is 83.7 cm³/mol. The molecule has 1 aromatic rings. The number of allylic oxidation sites excluding steroid dienone is 2. The van der Waals surface area contributed by atoms with Gasteiger partial charge in [-0.3, -0.25) is 4.79 Å². The summed E-state index contributed by atoms with van der Waals surface area (Å²) in [6.07, 6.45) is 3.60. The highest BCUT2D eigenvalue weighted by atomic mass is 16.4. The highest BCUT2D eigenvalue weighted by Crippen LogP contribution is 2.30. The van der Waals surface area contributed by atoms with Crippen molar-refractivity contribution in [2.75, 3.05) is 0 Å².